The van der Waals surface area contributed by atoms with Gasteiger partial charge in [-0.25, -0.2) is 0 Å². The third kappa shape index (κ3) is 3.46. The number of hydrogen-bond acceptors (Lipinski definition) is 2. The van der Waals surface area contributed by atoms with Gasteiger partial charge in [-0.3, -0.25) is 0 Å². The van der Waals surface area contributed by atoms with E-state index < -0.39 is 0 Å². The Morgan fingerprint density at radius 3 is 2.40 bits per heavy atom. The molecule has 0 spiro atoms. The second-order valence-corrected chi connectivity index (χ2v) is 5.38. The van der Waals surface area contributed by atoms with Crippen molar-refractivity contribution in [3.05, 3.63) is 0 Å². The van der Waals surface area contributed by atoms with Crippen molar-refractivity contribution in [3.63, 3.8) is 0 Å². The summed E-state index contributed by atoms with van der Waals surface area (Å²) in [7, 11) is 0. The molecule has 2 N–H and O–H groups in total. The molecule has 0 bridgehead atoms. The van der Waals surface area contributed by atoms with E-state index in [0.717, 1.165) is 25.0 Å². The van der Waals surface area contributed by atoms with Crippen molar-refractivity contribution in [2.75, 3.05) is 13.2 Å². The average Bonchev–Trinajstić information content (AvgIpc) is 2.58. The third-order valence-electron chi connectivity index (χ3n) is 4.13. The molecule has 0 aromatic heterocycles. The number of ether oxygens (including phenoxy) is 1. The highest BCUT2D eigenvalue weighted by molar-refractivity contribution is 4.79. The maximum atomic E-state index is 6.34. The second kappa shape index (κ2) is 5.86. The van der Waals surface area contributed by atoms with E-state index in [0.29, 0.717) is 6.04 Å². The molecule has 1 heterocycles. The minimum absolute atomic E-state index is 0.440. The standard InChI is InChI=1S/C13H25NO/c14-13(9-11-7-8-15-10-11)12-5-3-1-2-4-6-12/h11-13H,1-10,14H2. The van der Waals surface area contributed by atoms with Crippen molar-refractivity contribution in [2.45, 2.75) is 57.4 Å². The van der Waals surface area contributed by atoms with Crippen molar-refractivity contribution >= 4 is 0 Å². The van der Waals surface area contributed by atoms with Crippen LogP contribution in [0.1, 0.15) is 51.4 Å². The summed E-state index contributed by atoms with van der Waals surface area (Å²) in [4.78, 5) is 0. The molecule has 2 nitrogen and oxygen atoms in total. The van der Waals surface area contributed by atoms with E-state index >= 15 is 0 Å². The van der Waals surface area contributed by atoms with Gasteiger partial charge in [-0.15, -0.1) is 0 Å². The number of rotatable bonds is 3. The zero-order valence-corrected chi connectivity index (χ0v) is 9.79. The van der Waals surface area contributed by atoms with Crippen LogP contribution in [-0.2, 0) is 4.74 Å². The highest BCUT2D eigenvalue weighted by Crippen LogP contribution is 2.28. The molecule has 2 fully saturated rings. The average molecular weight is 211 g/mol. The van der Waals surface area contributed by atoms with Crippen LogP contribution in [0.5, 0.6) is 0 Å². The summed E-state index contributed by atoms with van der Waals surface area (Å²) in [6, 6.07) is 0.440. The normalized spacial score (nSPS) is 31.4. The summed E-state index contributed by atoms with van der Waals surface area (Å²) in [5, 5.41) is 0. The van der Waals surface area contributed by atoms with Crippen LogP contribution in [0.15, 0.2) is 0 Å². The molecule has 2 rings (SSSR count). The van der Waals surface area contributed by atoms with Crippen LogP contribution in [-0.4, -0.2) is 19.3 Å². The third-order valence-corrected chi connectivity index (χ3v) is 4.13. The Morgan fingerprint density at radius 1 is 1.07 bits per heavy atom. The maximum absolute atomic E-state index is 6.34. The molecule has 1 aliphatic carbocycles. The largest absolute Gasteiger partial charge is 0.381 e. The Hall–Kier alpha value is -0.0800. The van der Waals surface area contributed by atoms with E-state index in [1.165, 1.54) is 51.4 Å². The zero-order chi connectivity index (χ0) is 10.5. The van der Waals surface area contributed by atoms with Gasteiger partial charge in [0.25, 0.3) is 0 Å². The first-order chi connectivity index (χ1) is 7.36. The fourth-order valence-corrected chi connectivity index (χ4v) is 3.09. The summed E-state index contributed by atoms with van der Waals surface area (Å²) >= 11 is 0. The first-order valence-electron chi connectivity index (χ1n) is 6.69. The summed E-state index contributed by atoms with van der Waals surface area (Å²) in [6.45, 7) is 1.92. The monoisotopic (exact) mass is 211 g/mol. The molecule has 0 aromatic carbocycles. The van der Waals surface area contributed by atoms with E-state index in [1.807, 2.05) is 0 Å². The van der Waals surface area contributed by atoms with Gasteiger partial charge in [0.15, 0.2) is 0 Å². The Labute approximate surface area is 93.6 Å². The topological polar surface area (TPSA) is 35.2 Å². The predicted octanol–water partition coefficient (Wildman–Crippen LogP) is 2.71. The molecule has 1 saturated heterocycles. The van der Waals surface area contributed by atoms with Crippen LogP contribution in [0, 0.1) is 11.8 Å². The van der Waals surface area contributed by atoms with E-state index in [9.17, 15) is 0 Å². The maximum Gasteiger partial charge on any atom is 0.0495 e. The lowest BCUT2D eigenvalue weighted by Gasteiger charge is -2.24. The van der Waals surface area contributed by atoms with E-state index in [1.54, 1.807) is 0 Å². The molecule has 2 atom stereocenters. The highest BCUT2D eigenvalue weighted by atomic mass is 16.5. The van der Waals surface area contributed by atoms with Crippen LogP contribution in [0.25, 0.3) is 0 Å². The van der Waals surface area contributed by atoms with Crippen LogP contribution in [0.4, 0.5) is 0 Å². The first-order valence-corrected chi connectivity index (χ1v) is 6.69. The highest BCUT2D eigenvalue weighted by Gasteiger charge is 2.24. The molecule has 0 aromatic rings. The lowest BCUT2D eigenvalue weighted by atomic mass is 9.86. The Morgan fingerprint density at radius 2 is 1.80 bits per heavy atom. The molecule has 88 valence electrons. The molecule has 0 amide bonds. The van der Waals surface area contributed by atoms with Crippen molar-refractivity contribution < 1.29 is 4.74 Å². The molecule has 2 heteroatoms. The number of nitrogens with two attached hydrogens (primary N) is 1. The Kier molecular flexibility index (Phi) is 4.45. The van der Waals surface area contributed by atoms with Gasteiger partial charge in [0, 0.05) is 19.3 Å². The van der Waals surface area contributed by atoms with Crippen LogP contribution in [0.3, 0.4) is 0 Å². The second-order valence-electron chi connectivity index (χ2n) is 5.38. The first kappa shape index (κ1) is 11.4. The molecular weight excluding hydrogens is 186 g/mol. The summed E-state index contributed by atoms with van der Waals surface area (Å²) in [5.74, 6) is 1.55. The zero-order valence-electron chi connectivity index (χ0n) is 9.79. The minimum Gasteiger partial charge on any atom is -0.381 e. The molecular formula is C13H25NO. The molecule has 1 saturated carbocycles. The fraction of sp³-hybridized carbons (Fsp3) is 1.00. The molecule has 2 unspecified atom stereocenters. The summed E-state index contributed by atoms with van der Waals surface area (Å²) < 4.78 is 5.41. The lowest BCUT2D eigenvalue weighted by molar-refractivity contribution is 0.179. The van der Waals surface area contributed by atoms with Crippen molar-refractivity contribution in [1.82, 2.24) is 0 Å². The smallest absolute Gasteiger partial charge is 0.0495 e. The Bertz CT molecular complexity index is 169. The van der Waals surface area contributed by atoms with Gasteiger partial charge >= 0.3 is 0 Å². The van der Waals surface area contributed by atoms with E-state index in [2.05, 4.69) is 0 Å². The van der Waals surface area contributed by atoms with Crippen molar-refractivity contribution in [3.8, 4) is 0 Å². The van der Waals surface area contributed by atoms with Crippen LogP contribution >= 0.6 is 0 Å². The summed E-state index contributed by atoms with van der Waals surface area (Å²) in [6.07, 6.45) is 10.8. The van der Waals surface area contributed by atoms with Gasteiger partial charge in [-0.1, -0.05) is 25.7 Å². The van der Waals surface area contributed by atoms with Gasteiger partial charge in [0.05, 0.1) is 0 Å². The SMILES string of the molecule is NC(CC1CCOC1)C1CCCCCC1. The minimum atomic E-state index is 0.440. The van der Waals surface area contributed by atoms with Gasteiger partial charge in [0.2, 0.25) is 0 Å². The van der Waals surface area contributed by atoms with Crippen LogP contribution in [0.2, 0.25) is 0 Å². The quantitative estimate of drug-likeness (QED) is 0.728. The summed E-state index contributed by atoms with van der Waals surface area (Å²) in [5.41, 5.74) is 6.34. The molecule has 2 aliphatic rings. The fourth-order valence-electron chi connectivity index (χ4n) is 3.09. The van der Waals surface area contributed by atoms with Crippen molar-refractivity contribution in [1.29, 1.82) is 0 Å². The molecule has 0 radical (unpaired) electrons. The molecule has 1 aliphatic heterocycles. The van der Waals surface area contributed by atoms with Gasteiger partial charge < -0.3 is 10.5 Å². The molecule has 15 heavy (non-hydrogen) atoms. The Balaban J connectivity index is 1.74. The van der Waals surface area contributed by atoms with Gasteiger partial charge in [-0.2, -0.15) is 0 Å². The van der Waals surface area contributed by atoms with Crippen molar-refractivity contribution in [2.24, 2.45) is 17.6 Å². The lowest BCUT2D eigenvalue weighted by Crippen LogP contribution is -2.32. The predicted molar refractivity (Wildman–Crippen MR) is 62.7 cm³/mol. The van der Waals surface area contributed by atoms with E-state index in [4.69, 9.17) is 10.5 Å². The van der Waals surface area contributed by atoms with Crippen LogP contribution < -0.4 is 5.73 Å². The number of hydrogen-bond donors (Lipinski definition) is 1. The van der Waals surface area contributed by atoms with E-state index in [-0.39, 0.29) is 0 Å². The van der Waals surface area contributed by atoms with Gasteiger partial charge in [-0.05, 0) is 37.5 Å². The van der Waals surface area contributed by atoms with Gasteiger partial charge in [0.1, 0.15) is 0 Å².